The van der Waals surface area contributed by atoms with Crippen LogP contribution in [-0.2, 0) is 14.3 Å². The Morgan fingerprint density at radius 1 is 1.25 bits per heavy atom. The predicted molar refractivity (Wildman–Crippen MR) is 97.0 cm³/mol. The molecule has 0 saturated carbocycles. The van der Waals surface area contributed by atoms with Crippen LogP contribution in [0.3, 0.4) is 0 Å². The molecule has 0 radical (unpaired) electrons. The number of ketones is 1. The number of hydrogen-bond acceptors (Lipinski definition) is 9. The molecule has 0 spiro atoms. The summed E-state index contributed by atoms with van der Waals surface area (Å²) in [6, 6.07) is 0. The Morgan fingerprint density at radius 3 is 2.46 bits per heavy atom. The summed E-state index contributed by atoms with van der Waals surface area (Å²) in [5, 5.41) is 59.6. The van der Waals surface area contributed by atoms with Gasteiger partial charge in [0.05, 0.1) is 19.3 Å². The number of aliphatic hydroxyl groups excluding tert-OH is 5. The smallest absolute Gasteiger partial charge is 0.187 e. The van der Waals surface area contributed by atoms with E-state index in [9.17, 15) is 35.4 Å². The van der Waals surface area contributed by atoms with Crippen LogP contribution in [0.4, 0.5) is 0 Å². The third-order valence-corrected chi connectivity index (χ3v) is 5.45. The Morgan fingerprint density at radius 2 is 1.89 bits per heavy atom. The summed E-state index contributed by atoms with van der Waals surface area (Å²) in [5.41, 5.74) is -2.27. The van der Waals surface area contributed by atoms with Crippen molar-refractivity contribution in [2.75, 3.05) is 13.2 Å². The van der Waals surface area contributed by atoms with E-state index in [2.05, 4.69) is 0 Å². The van der Waals surface area contributed by atoms with Crippen LogP contribution in [0.1, 0.15) is 27.2 Å². The van der Waals surface area contributed by atoms with Crippen molar-refractivity contribution in [3.05, 3.63) is 23.8 Å². The minimum atomic E-state index is -1.58. The van der Waals surface area contributed by atoms with Gasteiger partial charge in [0.2, 0.25) is 0 Å². The van der Waals surface area contributed by atoms with Gasteiger partial charge in [-0.05, 0) is 24.6 Å². The first-order valence-electron chi connectivity index (χ1n) is 9.19. The zero-order chi connectivity index (χ0) is 21.3. The van der Waals surface area contributed by atoms with E-state index < -0.39 is 61.0 Å². The Bertz CT molecular complexity index is 627. The zero-order valence-corrected chi connectivity index (χ0v) is 16.2. The molecule has 1 aliphatic carbocycles. The lowest BCUT2D eigenvalue weighted by molar-refractivity contribution is -0.306. The molecule has 1 fully saturated rings. The summed E-state index contributed by atoms with van der Waals surface area (Å²) >= 11 is 0. The van der Waals surface area contributed by atoms with Crippen molar-refractivity contribution < 1.29 is 44.9 Å². The summed E-state index contributed by atoms with van der Waals surface area (Å²) < 4.78 is 10.8. The van der Waals surface area contributed by atoms with E-state index in [0.717, 1.165) is 0 Å². The van der Waals surface area contributed by atoms with E-state index >= 15 is 0 Å². The van der Waals surface area contributed by atoms with Gasteiger partial charge >= 0.3 is 0 Å². The number of allylic oxidation sites excluding steroid dienone is 1. The molecule has 0 aromatic carbocycles. The van der Waals surface area contributed by atoms with Gasteiger partial charge in [0.25, 0.3) is 0 Å². The molecule has 2 rings (SSSR count). The van der Waals surface area contributed by atoms with E-state index in [1.54, 1.807) is 20.8 Å². The fourth-order valence-corrected chi connectivity index (χ4v) is 3.57. The molecule has 1 aliphatic heterocycles. The van der Waals surface area contributed by atoms with Crippen LogP contribution in [0.15, 0.2) is 23.8 Å². The van der Waals surface area contributed by atoms with Crippen LogP contribution in [0.5, 0.6) is 0 Å². The number of hydrogen-bond donors (Lipinski definition) is 6. The highest BCUT2D eigenvalue weighted by molar-refractivity contribution is 5.93. The van der Waals surface area contributed by atoms with Crippen LogP contribution in [0.25, 0.3) is 0 Å². The molecular weight excluding hydrogens is 372 g/mol. The first-order chi connectivity index (χ1) is 13.0. The maximum absolute atomic E-state index is 11.8. The molecule has 7 atom stereocenters. The van der Waals surface area contributed by atoms with Crippen LogP contribution >= 0.6 is 0 Å². The number of aliphatic hydroxyl groups is 6. The Kier molecular flexibility index (Phi) is 7.17. The number of carbonyl (C=O) groups excluding carboxylic acids is 1. The van der Waals surface area contributed by atoms with E-state index in [1.165, 1.54) is 18.2 Å². The molecule has 9 heteroatoms. The van der Waals surface area contributed by atoms with E-state index in [-0.39, 0.29) is 17.8 Å². The van der Waals surface area contributed by atoms with Crippen molar-refractivity contribution in [1.82, 2.24) is 0 Å². The highest BCUT2D eigenvalue weighted by atomic mass is 16.7. The highest BCUT2D eigenvalue weighted by Gasteiger charge is 2.48. The van der Waals surface area contributed by atoms with E-state index in [4.69, 9.17) is 9.47 Å². The number of rotatable bonds is 6. The van der Waals surface area contributed by atoms with Gasteiger partial charge in [-0.2, -0.15) is 0 Å². The van der Waals surface area contributed by atoms with E-state index in [1.807, 2.05) is 0 Å². The van der Waals surface area contributed by atoms with E-state index in [0.29, 0.717) is 0 Å². The minimum absolute atomic E-state index is 0.0965. The number of ether oxygens (including phenoxy) is 2. The minimum Gasteiger partial charge on any atom is -0.394 e. The third-order valence-electron chi connectivity index (χ3n) is 5.45. The van der Waals surface area contributed by atoms with Gasteiger partial charge in [-0.25, -0.2) is 0 Å². The number of carbonyl (C=O) groups is 1. The van der Waals surface area contributed by atoms with Crippen molar-refractivity contribution >= 4 is 5.78 Å². The average molecular weight is 402 g/mol. The maximum Gasteiger partial charge on any atom is 0.187 e. The van der Waals surface area contributed by atoms with Crippen molar-refractivity contribution in [2.24, 2.45) is 5.41 Å². The monoisotopic (exact) mass is 402 g/mol. The molecule has 0 bridgehead atoms. The van der Waals surface area contributed by atoms with Gasteiger partial charge in [-0.3, -0.25) is 4.79 Å². The van der Waals surface area contributed by atoms with Gasteiger partial charge in [-0.15, -0.1) is 0 Å². The normalized spacial score (nSPS) is 39.8. The first-order valence-corrected chi connectivity index (χ1v) is 9.19. The molecule has 28 heavy (non-hydrogen) atoms. The van der Waals surface area contributed by atoms with Gasteiger partial charge in [0.15, 0.2) is 12.1 Å². The summed E-state index contributed by atoms with van der Waals surface area (Å²) in [5.74, 6) is -0.183. The molecule has 0 aromatic heterocycles. The second-order valence-corrected chi connectivity index (χ2v) is 8.02. The average Bonchev–Trinajstić information content (AvgIpc) is 2.63. The quantitative estimate of drug-likeness (QED) is 0.288. The van der Waals surface area contributed by atoms with Crippen molar-refractivity contribution in [3.8, 4) is 0 Å². The molecule has 160 valence electrons. The third kappa shape index (κ3) is 4.37. The molecule has 0 aromatic rings. The zero-order valence-electron chi connectivity index (χ0n) is 16.2. The van der Waals surface area contributed by atoms with Gasteiger partial charge in [0, 0.05) is 11.8 Å². The fourth-order valence-electron chi connectivity index (χ4n) is 3.57. The predicted octanol–water partition coefficient (Wildman–Crippen LogP) is -1.60. The lowest BCUT2D eigenvalue weighted by Gasteiger charge is -2.44. The van der Waals surface area contributed by atoms with Gasteiger partial charge in [-0.1, -0.05) is 19.9 Å². The summed E-state index contributed by atoms with van der Waals surface area (Å²) in [7, 11) is 0. The second kappa shape index (κ2) is 8.68. The Hall–Kier alpha value is -1.17. The molecular formula is C19H30O9. The highest BCUT2D eigenvalue weighted by Crippen LogP contribution is 2.44. The summed E-state index contributed by atoms with van der Waals surface area (Å²) in [4.78, 5) is 11.8. The van der Waals surface area contributed by atoms with Crippen LogP contribution in [-0.4, -0.2) is 92.0 Å². The summed E-state index contributed by atoms with van der Waals surface area (Å²) in [6.07, 6.45) is -3.43. The van der Waals surface area contributed by atoms with Crippen LogP contribution in [0, 0.1) is 5.41 Å². The molecule has 2 aliphatic rings. The fraction of sp³-hybridized carbons (Fsp3) is 0.737. The SMILES string of the molecule is C[C@H](C=C[C@@]1(O)C(CO)=CC(=O)CC1(C)C)O[C@@H]1O[C@H](CO)[C@@H](O)[C@H](O)[C@H]1O. The lowest BCUT2D eigenvalue weighted by Crippen LogP contribution is -2.59. The van der Waals surface area contributed by atoms with Crippen molar-refractivity contribution in [3.63, 3.8) is 0 Å². The second-order valence-electron chi connectivity index (χ2n) is 8.02. The van der Waals surface area contributed by atoms with Crippen LogP contribution < -0.4 is 0 Å². The lowest BCUT2D eigenvalue weighted by atomic mass is 9.64. The molecule has 1 saturated heterocycles. The van der Waals surface area contributed by atoms with Crippen molar-refractivity contribution in [2.45, 2.75) is 69.6 Å². The van der Waals surface area contributed by atoms with Gasteiger partial charge in [0.1, 0.15) is 30.0 Å². The van der Waals surface area contributed by atoms with Crippen LogP contribution in [0.2, 0.25) is 0 Å². The first kappa shape index (κ1) is 23.1. The topological polar surface area (TPSA) is 157 Å². The molecule has 0 amide bonds. The maximum atomic E-state index is 11.8. The largest absolute Gasteiger partial charge is 0.394 e. The Labute approximate surface area is 163 Å². The van der Waals surface area contributed by atoms with Crippen molar-refractivity contribution in [1.29, 1.82) is 0 Å². The Balaban J connectivity index is 2.15. The molecule has 6 N–H and O–H groups in total. The van der Waals surface area contributed by atoms with Gasteiger partial charge < -0.3 is 40.1 Å². The molecule has 9 nitrogen and oxygen atoms in total. The summed E-state index contributed by atoms with van der Waals surface area (Å²) in [6.45, 7) is 3.96. The molecule has 0 unspecified atom stereocenters. The molecule has 1 heterocycles. The standard InChI is InChI=1S/C19H30O9/c1-10(27-17-16(25)15(24)14(23)13(9-21)28-17)4-5-19(26)11(8-20)6-12(22)7-18(19,2)3/h4-6,10,13-17,20-21,23-26H,7-9H2,1-3H3/t10-,13-,14-,15+,16-,17-,19-/m1/s1.